The van der Waals surface area contributed by atoms with Gasteiger partial charge >= 0.3 is 0 Å². The van der Waals surface area contributed by atoms with Gasteiger partial charge in [0.15, 0.2) is 0 Å². The second kappa shape index (κ2) is 21.3. The van der Waals surface area contributed by atoms with Crippen LogP contribution < -0.4 is 0 Å². The van der Waals surface area contributed by atoms with Gasteiger partial charge in [-0.2, -0.15) is 0 Å². The van der Waals surface area contributed by atoms with Crippen molar-refractivity contribution in [1.29, 1.82) is 0 Å². The van der Waals surface area contributed by atoms with Crippen molar-refractivity contribution in [2.75, 3.05) is 0 Å². The van der Waals surface area contributed by atoms with Gasteiger partial charge in [-0.25, -0.2) is 0 Å². The third kappa shape index (κ3) is 8.22. The fraction of sp³-hybridized carbons (Fsp3) is 0. The first-order valence-corrected chi connectivity index (χ1v) is 33.9. The summed E-state index contributed by atoms with van der Waals surface area (Å²) in [6.45, 7) is 0. The minimum Gasteiger partial charge on any atom is -0.456 e. The van der Waals surface area contributed by atoms with E-state index < -0.39 is 0 Å². The van der Waals surface area contributed by atoms with Crippen molar-refractivity contribution in [3.05, 3.63) is 340 Å². The lowest BCUT2D eigenvalue weighted by Gasteiger charge is -2.22. The summed E-state index contributed by atoms with van der Waals surface area (Å²) >= 11 is 0. The van der Waals surface area contributed by atoms with E-state index in [1.807, 2.05) is 0 Å². The van der Waals surface area contributed by atoms with Gasteiger partial charge in [0, 0.05) is 21.5 Å². The van der Waals surface area contributed by atoms with E-state index in [-0.39, 0.29) is 0 Å². The molecule has 0 saturated heterocycles. The molecule has 98 heavy (non-hydrogen) atoms. The van der Waals surface area contributed by atoms with Gasteiger partial charge in [-0.15, -0.1) is 0 Å². The molecule has 0 unspecified atom stereocenters. The van der Waals surface area contributed by atoms with E-state index in [1.165, 1.54) is 147 Å². The summed E-state index contributed by atoms with van der Waals surface area (Å²) in [5.74, 6) is 0. The van der Waals surface area contributed by atoms with Gasteiger partial charge < -0.3 is 8.83 Å². The Labute approximate surface area is 563 Å². The number of furan rings is 2. The van der Waals surface area contributed by atoms with Crippen molar-refractivity contribution in [3.8, 4) is 77.9 Å². The van der Waals surface area contributed by atoms with Crippen LogP contribution in [0.4, 0.5) is 0 Å². The maximum atomic E-state index is 6.46. The molecule has 21 rings (SSSR count). The Kier molecular flexibility index (Phi) is 11.9. The van der Waals surface area contributed by atoms with Crippen LogP contribution in [0.5, 0.6) is 0 Å². The second-order valence-corrected chi connectivity index (χ2v) is 26.4. The first-order chi connectivity index (χ1) is 48.6. The first kappa shape index (κ1) is 54.5. The van der Waals surface area contributed by atoms with E-state index in [4.69, 9.17) is 8.83 Å². The van der Waals surface area contributed by atoms with Crippen LogP contribution in [0.2, 0.25) is 0 Å². The zero-order chi connectivity index (χ0) is 64.1. The summed E-state index contributed by atoms with van der Waals surface area (Å²) < 4.78 is 12.9. The van der Waals surface area contributed by atoms with Gasteiger partial charge in [0.25, 0.3) is 0 Å². The molecule has 2 heterocycles. The number of para-hydroxylation sites is 2. The van der Waals surface area contributed by atoms with E-state index in [0.717, 1.165) is 71.5 Å². The maximum Gasteiger partial charge on any atom is 0.136 e. The monoisotopic (exact) mass is 1240 g/mol. The molecule has 0 aliphatic heterocycles. The van der Waals surface area contributed by atoms with Crippen LogP contribution in [0.3, 0.4) is 0 Å². The Bertz CT molecular complexity index is 6980. The predicted molar refractivity (Wildman–Crippen MR) is 417 cm³/mol. The van der Waals surface area contributed by atoms with Crippen LogP contribution >= 0.6 is 0 Å². The summed E-state index contributed by atoms with van der Waals surface area (Å²) in [6.07, 6.45) is 0. The third-order valence-corrected chi connectivity index (χ3v) is 21.2. The van der Waals surface area contributed by atoms with Gasteiger partial charge in [0.2, 0.25) is 0 Å². The standard InChI is InChI=1S/C96H56O2/c1-2-19-58(20-3-1)67-46-48-79(73-24-8-6-22-71(67)73)93-77-28-12-10-26-75(77)91(65-38-42-69-63(53-65)40-50-89-95(69)83-30-14-16-32-87(83)97-89)85-55-60(36-44-81(85)93)61-37-45-82-86(56-61)92(66-39-43-70-64(54-66)41-51-90-96(70)84-31-15-17-33-88(84)98-90)76-27-11-13-29-78(76)94(82)80-49-47-68(72-23-7-9-25-74(72)80)62-35-34-57-18-4-5-21-59(57)52-62/h1-56H. The van der Waals surface area contributed by atoms with E-state index in [0.29, 0.717) is 0 Å². The van der Waals surface area contributed by atoms with Crippen molar-refractivity contribution >= 4 is 141 Å². The molecule has 0 aliphatic carbocycles. The van der Waals surface area contributed by atoms with Gasteiger partial charge in [0.05, 0.1) is 0 Å². The SMILES string of the molecule is c1ccc(-c2ccc(-c3c4ccccc4c(-c4ccc5c(ccc6oc7ccccc7c65)c4)c4cc(-c5ccc6c(-c7ccc(-c8ccc9ccccc9c8)c8ccccc78)c7ccccc7c(-c7ccc8c(ccc9oc%10ccccc%10c98)c7)c6c5)ccc34)c3ccccc23)cc1. The molecule has 452 valence electrons. The molecular weight excluding hydrogens is 1190 g/mol. The summed E-state index contributed by atoms with van der Waals surface area (Å²) in [4.78, 5) is 0. The summed E-state index contributed by atoms with van der Waals surface area (Å²) in [5.41, 5.74) is 20.3. The molecule has 2 heteroatoms. The Hall–Kier alpha value is -12.9. The minimum absolute atomic E-state index is 0.897. The zero-order valence-corrected chi connectivity index (χ0v) is 53.1. The summed E-state index contributed by atoms with van der Waals surface area (Å²) in [5, 5.41) is 26.2. The van der Waals surface area contributed by atoms with Crippen LogP contribution in [0.1, 0.15) is 0 Å². The molecule has 0 N–H and O–H groups in total. The molecular formula is C96H56O2. The molecule has 0 aliphatic rings. The zero-order valence-electron chi connectivity index (χ0n) is 53.1. The van der Waals surface area contributed by atoms with Gasteiger partial charge in [-0.1, -0.05) is 285 Å². The van der Waals surface area contributed by atoms with Crippen molar-refractivity contribution in [2.45, 2.75) is 0 Å². The molecule has 19 aromatic carbocycles. The smallest absolute Gasteiger partial charge is 0.136 e. The summed E-state index contributed by atoms with van der Waals surface area (Å²) in [6, 6.07) is 126. The average molecular weight is 1240 g/mol. The number of rotatable bonds is 7. The molecule has 0 saturated carbocycles. The quantitative estimate of drug-likeness (QED) is 0.149. The number of hydrogen-bond acceptors (Lipinski definition) is 2. The van der Waals surface area contributed by atoms with Crippen LogP contribution in [-0.2, 0) is 0 Å². The second-order valence-electron chi connectivity index (χ2n) is 26.4. The molecule has 2 aromatic heterocycles. The van der Waals surface area contributed by atoms with E-state index in [2.05, 4.69) is 340 Å². The van der Waals surface area contributed by atoms with Crippen LogP contribution in [-0.4, -0.2) is 0 Å². The lowest BCUT2D eigenvalue weighted by Crippen LogP contribution is -1.94. The lowest BCUT2D eigenvalue weighted by molar-refractivity contribution is 0.669. The third-order valence-electron chi connectivity index (χ3n) is 21.2. The Morgan fingerprint density at radius 2 is 0.480 bits per heavy atom. The fourth-order valence-corrected chi connectivity index (χ4v) is 16.8. The lowest BCUT2D eigenvalue weighted by atomic mass is 9.81. The predicted octanol–water partition coefficient (Wildman–Crippen LogP) is 27.5. The maximum absolute atomic E-state index is 6.46. The molecule has 21 aromatic rings. The molecule has 2 nitrogen and oxygen atoms in total. The highest BCUT2D eigenvalue weighted by atomic mass is 16.3. The highest BCUT2D eigenvalue weighted by molar-refractivity contribution is 6.29. The van der Waals surface area contributed by atoms with Crippen molar-refractivity contribution in [3.63, 3.8) is 0 Å². The molecule has 0 spiro atoms. The highest BCUT2D eigenvalue weighted by Crippen LogP contribution is 2.52. The van der Waals surface area contributed by atoms with Crippen LogP contribution in [0, 0.1) is 0 Å². The molecule has 0 radical (unpaired) electrons. The van der Waals surface area contributed by atoms with Gasteiger partial charge in [0.1, 0.15) is 22.3 Å². The van der Waals surface area contributed by atoms with Crippen molar-refractivity contribution < 1.29 is 8.83 Å². The Balaban J connectivity index is 0.835. The van der Waals surface area contributed by atoms with Gasteiger partial charge in [-0.05, 0) is 229 Å². The van der Waals surface area contributed by atoms with E-state index >= 15 is 0 Å². The fourth-order valence-electron chi connectivity index (χ4n) is 16.8. The van der Waals surface area contributed by atoms with Crippen molar-refractivity contribution in [2.24, 2.45) is 0 Å². The van der Waals surface area contributed by atoms with Crippen molar-refractivity contribution in [1.82, 2.24) is 0 Å². The Morgan fingerprint density at radius 3 is 0.980 bits per heavy atom. The van der Waals surface area contributed by atoms with E-state index in [1.54, 1.807) is 0 Å². The molecule has 0 amide bonds. The number of hydrogen-bond donors (Lipinski definition) is 0. The largest absolute Gasteiger partial charge is 0.456 e. The normalized spacial score (nSPS) is 12.1. The highest BCUT2D eigenvalue weighted by Gasteiger charge is 2.25. The van der Waals surface area contributed by atoms with Crippen LogP contribution in [0.25, 0.3) is 219 Å². The van der Waals surface area contributed by atoms with E-state index in [9.17, 15) is 0 Å². The minimum atomic E-state index is 0.897. The molecule has 0 atom stereocenters. The average Bonchev–Trinajstić information content (AvgIpc) is 0.870. The molecule has 0 fully saturated rings. The van der Waals surface area contributed by atoms with Gasteiger partial charge in [-0.3, -0.25) is 0 Å². The topological polar surface area (TPSA) is 26.3 Å². The molecule has 0 bridgehead atoms. The summed E-state index contributed by atoms with van der Waals surface area (Å²) in [7, 11) is 0. The Morgan fingerprint density at radius 1 is 0.143 bits per heavy atom. The first-order valence-electron chi connectivity index (χ1n) is 33.9. The number of fused-ring (bicyclic) bond motifs is 17. The number of benzene rings is 19. The van der Waals surface area contributed by atoms with Crippen LogP contribution in [0.15, 0.2) is 349 Å².